The number of benzene rings is 1. The van der Waals surface area contributed by atoms with E-state index in [9.17, 15) is 0 Å². The summed E-state index contributed by atoms with van der Waals surface area (Å²) >= 11 is 3.45. The van der Waals surface area contributed by atoms with Crippen LogP contribution >= 0.6 is 15.9 Å². The number of nitrogen functional groups attached to an aromatic ring is 1. The maximum atomic E-state index is 5.86. The number of anilines is 1. The molecule has 14 heavy (non-hydrogen) atoms. The zero-order chi connectivity index (χ0) is 9.97. The van der Waals surface area contributed by atoms with Gasteiger partial charge in [-0.05, 0) is 34.1 Å². The van der Waals surface area contributed by atoms with Gasteiger partial charge in [0.2, 0.25) is 0 Å². The Morgan fingerprint density at radius 3 is 2.57 bits per heavy atom. The molecule has 70 valence electrons. The molecule has 1 heterocycles. The zero-order valence-electron chi connectivity index (χ0n) is 7.44. The lowest BCUT2D eigenvalue weighted by atomic mass is 10.1. The second-order valence-corrected chi connectivity index (χ2v) is 3.78. The number of para-hydroxylation sites is 1. The molecular weight excluding hydrogens is 240 g/mol. The van der Waals surface area contributed by atoms with Gasteiger partial charge in [0.05, 0.1) is 5.69 Å². The molecule has 0 aliphatic carbocycles. The Kier molecular flexibility index (Phi) is 2.50. The first kappa shape index (κ1) is 9.21. The van der Waals surface area contributed by atoms with Crippen LogP contribution in [0.4, 0.5) is 5.69 Å². The van der Waals surface area contributed by atoms with Crippen LogP contribution in [0.2, 0.25) is 0 Å². The normalized spacial score (nSPS) is 10.1. The minimum atomic E-state index is 0.743. The van der Waals surface area contributed by atoms with Crippen LogP contribution < -0.4 is 5.73 Å². The Hall–Kier alpha value is -1.35. The van der Waals surface area contributed by atoms with Crippen LogP contribution in [0.3, 0.4) is 0 Å². The third-order valence-corrected chi connectivity index (χ3v) is 2.61. The number of aromatic nitrogens is 1. The lowest BCUT2D eigenvalue weighted by Crippen LogP contribution is -1.91. The minimum absolute atomic E-state index is 0.743. The molecule has 0 amide bonds. The van der Waals surface area contributed by atoms with E-state index in [2.05, 4.69) is 20.9 Å². The number of nitrogens with zero attached hydrogens (tertiary/aromatic N) is 1. The molecule has 1 aromatic heterocycles. The Balaban J connectivity index is 2.61. The molecule has 2 N–H and O–H groups in total. The van der Waals surface area contributed by atoms with Crippen LogP contribution in [0, 0.1) is 0 Å². The van der Waals surface area contributed by atoms with Crippen LogP contribution in [0.1, 0.15) is 0 Å². The highest BCUT2D eigenvalue weighted by Crippen LogP contribution is 2.29. The van der Waals surface area contributed by atoms with Crippen molar-refractivity contribution in [2.45, 2.75) is 0 Å². The highest BCUT2D eigenvalue weighted by atomic mass is 79.9. The average molecular weight is 249 g/mol. The summed E-state index contributed by atoms with van der Waals surface area (Å²) in [6, 6.07) is 11.5. The summed E-state index contributed by atoms with van der Waals surface area (Å²) in [6.45, 7) is 0. The van der Waals surface area contributed by atoms with Crippen LogP contribution in [-0.2, 0) is 0 Å². The van der Waals surface area contributed by atoms with Crippen molar-refractivity contribution in [1.82, 2.24) is 4.98 Å². The molecule has 0 bridgehead atoms. The molecular formula is C11H9BrN2. The van der Waals surface area contributed by atoms with Gasteiger partial charge in [0.15, 0.2) is 0 Å². The molecule has 2 aromatic rings. The maximum absolute atomic E-state index is 5.86. The molecule has 2 nitrogen and oxygen atoms in total. The predicted octanol–water partition coefficient (Wildman–Crippen LogP) is 3.09. The van der Waals surface area contributed by atoms with Crippen molar-refractivity contribution in [3.05, 3.63) is 47.1 Å². The van der Waals surface area contributed by atoms with Crippen LogP contribution in [0.15, 0.2) is 47.1 Å². The summed E-state index contributed by atoms with van der Waals surface area (Å²) in [5, 5.41) is 0. The fourth-order valence-corrected chi connectivity index (χ4v) is 1.77. The summed E-state index contributed by atoms with van der Waals surface area (Å²) in [7, 11) is 0. The molecule has 0 saturated heterocycles. The largest absolute Gasteiger partial charge is 0.398 e. The van der Waals surface area contributed by atoms with E-state index in [1.165, 1.54) is 0 Å². The Bertz CT molecular complexity index is 411. The fraction of sp³-hybridized carbons (Fsp3) is 0. The first-order chi connectivity index (χ1) is 6.79. The molecule has 0 aliphatic rings. The summed E-state index contributed by atoms with van der Waals surface area (Å²) in [6.07, 6.45) is 1.76. The fourth-order valence-electron chi connectivity index (χ4n) is 1.30. The van der Waals surface area contributed by atoms with Crippen molar-refractivity contribution in [2.75, 3.05) is 5.73 Å². The van der Waals surface area contributed by atoms with Gasteiger partial charge in [-0.1, -0.05) is 18.2 Å². The number of hydrogen-bond acceptors (Lipinski definition) is 2. The number of hydrogen-bond donors (Lipinski definition) is 1. The van der Waals surface area contributed by atoms with Crippen molar-refractivity contribution in [3.63, 3.8) is 0 Å². The van der Waals surface area contributed by atoms with Crippen LogP contribution in [0.25, 0.3) is 11.3 Å². The molecule has 1 aromatic carbocycles. The first-order valence-electron chi connectivity index (χ1n) is 4.24. The molecule has 0 aliphatic heterocycles. The van der Waals surface area contributed by atoms with Crippen molar-refractivity contribution >= 4 is 21.6 Å². The van der Waals surface area contributed by atoms with Crippen molar-refractivity contribution in [2.24, 2.45) is 0 Å². The highest BCUT2D eigenvalue weighted by molar-refractivity contribution is 9.10. The van der Waals surface area contributed by atoms with E-state index in [-0.39, 0.29) is 0 Å². The highest BCUT2D eigenvalue weighted by Gasteiger charge is 2.05. The van der Waals surface area contributed by atoms with Gasteiger partial charge in [0.25, 0.3) is 0 Å². The molecule has 0 radical (unpaired) electrons. The second-order valence-electron chi connectivity index (χ2n) is 2.92. The second kappa shape index (κ2) is 3.80. The summed E-state index contributed by atoms with van der Waals surface area (Å²) in [5.41, 5.74) is 8.44. The predicted molar refractivity (Wildman–Crippen MR) is 61.8 cm³/mol. The first-order valence-corrected chi connectivity index (χ1v) is 5.04. The van der Waals surface area contributed by atoms with Gasteiger partial charge in [-0.3, -0.25) is 4.98 Å². The smallest absolute Gasteiger partial charge is 0.0864 e. The molecule has 2 rings (SSSR count). The van der Waals surface area contributed by atoms with Crippen molar-refractivity contribution in [1.29, 1.82) is 0 Å². The molecule has 0 unspecified atom stereocenters. The standard InChI is InChI=1S/C11H9BrN2/c12-9-5-3-7-14-11(9)8-4-1-2-6-10(8)13/h1-7H,13H2. The quantitative estimate of drug-likeness (QED) is 0.788. The summed E-state index contributed by atoms with van der Waals surface area (Å²) in [5.74, 6) is 0. The third kappa shape index (κ3) is 1.63. The van der Waals surface area contributed by atoms with Gasteiger partial charge < -0.3 is 5.73 Å². The summed E-state index contributed by atoms with van der Waals surface area (Å²) < 4.78 is 0.956. The lowest BCUT2D eigenvalue weighted by molar-refractivity contribution is 1.31. The molecule has 0 saturated carbocycles. The number of halogens is 1. The Labute approximate surface area is 90.9 Å². The van der Waals surface area contributed by atoms with Gasteiger partial charge in [-0.2, -0.15) is 0 Å². The zero-order valence-corrected chi connectivity index (χ0v) is 9.03. The van der Waals surface area contributed by atoms with Gasteiger partial charge in [0, 0.05) is 21.9 Å². The van der Waals surface area contributed by atoms with E-state index in [0.717, 1.165) is 21.4 Å². The third-order valence-electron chi connectivity index (χ3n) is 1.97. The lowest BCUT2D eigenvalue weighted by Gasteiger charge is -2.05. The van der Waals surface area contributed by atoms with E-state index >= 15 is 0 Å². The monoisotopic (exact) mass is 248 g/mol. The summed E-state index contributed by atoms with van der Waals surface area (Å²) in [4.78, 5) is 4.28. The molecule has 0 atom stereocenters. The van der Waals surface area contributed by atoms with Gasteiger partial charge in [0.1, 0.15) is 0 Å². The van der Waals surface area contributed by atoms with E-state index in [4.69, 9.17) is 5.73 Å². The van der Waals surface area contributed by atoms with Gasteiger partial charge in [-0.25, -0.2) is 0 Å². The van der Waals surface area contributed by atoms with E-state index in [0.29, 0.717) is 0 Å². The van der Waals surface area contributed by atoms with Crippen LogP contribution in [0.5, 0.6) is 0 Å². The van der Waals surface area contributed by atoms with Crippen LogP contribution in [-0.4, -0.2) is 4.98 Å². The van der Waals surface area contributed by atoms with Crippen molar-refractivity contribution < 1.29 is 0 Å². The number of pyridine rings is 1. The number of nitrogens with two attached hydrogens (primary N) is 1. The number of rotatable bonds is 1. The van der Waals surface area contributed by atoms with Gasteiger partial charge in [-0.15, -0.1) is 0 Å². The minimum Gasteiger partial charge on any atom is -0.398 e. The SMILES string of the molecule is Nc1ccccc1-c1ncccc1Br. The van der Waals surface area contributed by atoms with E-state index in [1.807, 2.05) is 36.4 Å². The topological polar surface area (TPSA) is 38.9 Å². The Morgan fingerprint density at radius 2 is 1.86 bits per heavy atom. The molecule has 3 heteroatoms. The Morgan fingerprint density at radius 1 is 1.07 bits per heavy atom. The average Bonchev–Trinajstić information content (AvgIpc) is 2.20. The van der Waals surface area contributed by atoms with E-state index < -0.39 is 0 Å². The van der Waals surface area contributed by atoms with E-state index in [1.54, 1.807) is 6.20 Å². The molecule has 0 fully saturated rings. The van der Waals surface area contributed by atoms with Gasteiger partial charge >= 0.3 is 0 Å². The van der Waals surface area contributed by atoms with Crippen molar-refractivity contribution in [3.8, 4) is 11.3 Å². The molecule has 0 spiro atoms. The maximum Gasteiger partial charge on any atom is 0.0864 e.